The lowest BCUT2D eigenvalue weighted by Crippen LogP contribution is -2.39. The molecule has 4 rings (SSSR count). The molecule has 1 aliphatic heterocycles. The van der Waals surface area contributed by atoms with Crippen molar-refractivity contribution in [2.45, 2.75) is 25.7 Å². The number of aromatic nitrogens is 2. The SMILES string of the molecule is Cc1cccc(-c2cccc([C@@H]3CCCN(C(=O)c4cccnc4)C3)n2)c1. The highest BCUT2D eigenvalue weighted by atomic mass is 16.2. The third-order valence-electron chi connectivity index (χ3n) is 5.12. The Morgan fingerprint density at radius 3 is 2.81 bits per heavy atom. The summed E-state index contributed by atoms with van der Waals surface area (Å²) in [6.07, 6.45) is 5.38. The van der Waals surface area contributed by atoms with Gasteiger partial charge < -0.3 is 4.90 Å². The zero-order valence-electron chi connectivity index (χ0n) is 15.5. The molecule has 1 aromatic carbocycles. The van der Waals surface area contributed by atoms with Crippen LogP contribution in [0.15, 0.2) is 67.0 Å². The second-order valence-electron chi connectivity index (χ2n) is 7.15. The number of hydrogen-bond donors (Lipinski definition) is 0. The number of hydrogen-bond acceptors (Lipinski definition) is 3. The number of pyridine rings is 2. The lowest BCUT2D eigenvalue weighted by atomic mass is 9.93. The number of likely N-dealkylation sites (tertiary alicyclic amines) is 1. The van der Waals surface area contributed by atoms with Crippen LogP contribution in [0.1, 0.15) is 40.4 Å². The number of nitrogens with zero attached hydrogens (tertiary/aromatic N) is 3. The molecule has 0 unspecified atom stereocenters. The fourth-order valence-corrected chi connectivity index (χ4v) is 3.72. The van der Waals surface area contributed by atoms with Gasteiger partial charge in [-0.2, -0.15) is 0 Å². The zero-order chi connectivity index (χ0) is 18.6. The van der Waals surface area contributed by atoms with Crippen LogP contribution in [0.4, 0.5) is 0 Å². The van der Waals surface area contributed by atoms with Crippen molar-refractivity contribution in [1.82, 2.24) is 14.9 Å². The van der Waals surface area contributed by atoms with E-state index in [1.165, 1.54) is 5.56 Å². The number of rotatable bonds is 3. The van der Waals surface area contributed by atoms with Gasteiger partial charge in [0.15, 0.2) is 0 Å². The number of piperidine rings is 1. The van der Waals surface area contributed by atoms with Gasteiger partial charge in [0.25, 0.3) is 5.91 Å². The van der Waals surface area contributed by atoms with Gasteiger partial charge >= 0.3 is 0 Å². The van der Waals surface area contributed by atoms with E-state index < -0.39 is 0 Å². The van der Waals surface area contributed by atoms with Crippen molar-refractivity contribution in [3.8, 4) is 11.3 Å². The van der Waals surface area contributed by atoms with E-state index in [1.54, 1.807) is 12.4 Å². The fourth-order valence-electron chi connectivity index (χ4n) is 3.72. The fraction of sp³-hybridized carbons (Fsp3) is 0.261. The molecule has 1 fully saturated rings. The van der Waals surface area contributed by atoms with Gasteiger partial charge in [-0.25, -0.2) is 0 Å². The molecule has 1 atom stereocenters. The Morgan fingerprint density at radius 2 is 2.00 bits per heavy atom. The van der Waals surface area contributed by atoms with Crippen molar-refractivity contribution in [2.24, 2.45) is 0 Å². The van der Waals surface area contributed by atoms with Crippen molar-refractivity contribution in [3.63, 3.8) is 0 Å². The first kappa shape index (κ1) is 17.4. The largest absolute Gasteiger partial charge is 0.338 e. The van der Waals surface area contributed by atoms with Crippen LogP contribution >= 0.6 is 0 Å². The molecule has 4 nitrogen and oxygen atoms in total. The monoisotopic (exact) mass is 357 g/mol. The molecule has 0 saturated carbocycles. The predicted octanol–water partition coefficient (Wildman–Crippen LogP) is 4.47. The van der Waals surface area contributed by atoms with Gasteiger partial charge in [-0.15, -0.1) is 0 Å². The first-order valence-electron chi connectivity index (χ1n) is 9.44. The Morgan fingerprint density at radius 1 is 1.11 bits per heavy atom. The molecule has 136 valence electrons. The van der Waals surface area contributed by atoms with Crippen molar-refractivity contribution >= 4 is 5.91 Å². The molecule has 27 heavy (non-hydrogen) atoms. The molecule has 0 spiro atoms. The van der Waals surface area contributed by atoms with Crippen LogP contribution in [0.25, 0.3) is 11.3 Å². The summed E-state index contributed by atoms with van der Waals surface area (Å²) in [6.45, 7) is 3.59. The van der Waals surface area contributed by atoms with Crippen LogP contribution in [-0.2, 0) is 0 Å². The van der Waals surface area contributed by atoms with Crippen molar-refractivity contribution in [3.05, 3.63) is 83.8 Å². The van der Waals surface area contributed by atoms with Gasteiger partial charge in [-0.1, -0.05) is 29.8 Å². The van der Waals surface area contributed by atoms with E-state index in [0.717, 1.165) is 36.3 Å². The predicted molar refractivity (Wildman–Crippen MR) is 107 cm³/mol. The topological polar surface area (TPSA) is 46.1 Å². The third kappa shape index (κ3) is 3.90. The molecular formula is C23H23N3O. The summed E-state index contributed by atoms with van der Waals surface area (Å²) < 4.78 is 0. The Bertz CT molecular complexity index is 939. The van der Waals surface area contributed by atoms with Gasteiger partial charge in [0, 0.05) is 42.7 Å². The van der Waals surface area contributed by atoms with Gasteiger partial charge in [0.2, 0.25) is 0 Å². The second kappa shape index (κ2) is 7.70. The highest BCUT2D eigenvalue weighted by Crippen LogP contribution is 2.28. The first-order chi connectivity index (χ1) is 13.2. The van der Waals surface area contributed by atoms with Gasteiger partial charge in [-0.3, -0.25) is 14.8 Å². The number of carbonyl (C=O) groups excluding carboxylic acids is 1. The summed E-state index contributed by atoms with van der Waals surface area (Å²) in [6, 6.07) is 18.3. The summed E-state index contributed by atoms with van der Waals surface area (Å²) in [7, 11) is 0. The second-order valence-corrected chi connectivity index (χ2v) is 7.15. The lowest BCUT2D eigenvalue weighted by molar-refractivity contribution is 0.0705. The molecule has 1 aliphatic rings. The molecule has 1 amide bonds. The standard InChI is InChI=1S/C23H23N3O/c1-17-6-2-7-18(14-17)21-10-3-11-22(25-21)20-9-5-13-26(16-20)23(27)19-8-4-12-24-15-19/h2-4,6-8,10-12,14-15,20H,5,9,13,16H2,1H3/t20-/m1/s1. The maximum Gasteiger partial charge on any atom is 0.255 e. The highest BCUT2D eigenvalue weighted by Gasteiger charge is 2.26. The Balaban J connectivity index is 1.55. The van der Waals surface area contributed by atoms with Crippen molar-refractivity contribution in [2.75, 3.05) is 13.1 Å². The number of amides is 1. The molecule has 0 bridgehead atoms. The summed E-state index contributed by atoms with van der Waals surface area (Å²) in [5, 5.41) is 0. The van der Waals surface area contributed by atoms with E-state index in [2.05, 4.69) is 54.4 Å². The average Bonchev–Trinajstić information content (AvgIpc) is 2.74. The summed E-state index contributed by atoms with van der Waals surface area (Å²) in [5.41, 5.74) is 5.07. The summed E-state index contributed by atoms with van der Waals surface area (Å²) >= 11 is 0. The van der Waals surface area contributed by atoms with Crippen LogP contribution < -0.4 is 0 Å². The van der Waals surface area contributed by atoms with Crippen molar-refractivity contribution < 1.29 is 4.79 Å². The van der Waals surface area contributed by atoms with E-state index in [-0.39, 0.29) is 11.8 Å². The lowest BCUT2D eigenvalue weighted by Gasteiger charge is -2.32. The quantitative estimate of drug-likeness (QED) is 0.695. The molecule has 4 heteroatoms. The van der Waals surface area contributed by atoms with Gasteiger partial charge in [0.05, 0.1) is 11.3 Å². The van der Waals surface area contributed by atoms with E-state index in [1.807, 2.05) is 17.0 Å². The molecule has 1 saturated heterocycles. The van der Waals surface area contributed by atoms with E-state index in [9.17, 15) is 4.79 Å². The summed E-state index contributed by atoms with van der Waals surface area (Å²) in [5.74, 6) is 0.326. The van der Waals surface area contributed by atoms with E-state index in [4.69, 9.17) is 4.98 Å². The normalized spacial score (nSPS) is 16.9. The summed E-state index contributed by atoms with van der Waals surface area (Å²) in [4.78, 5) is 23.7. The zero-order valence-corrected chi connectivity index (χ0v) is 15.5. The van der Waals surface area contributed by atoms with Crippen LogP contribution in [0, 0.1) is 6.92 Å². The van der Waals surface area contributed by atoms with Gasteiger partial charge in [-0.05, 0) is 50.1 Å². The average molecular weight is 357 g/mol. The number of benzene rings is 1. The number of aryl methyl sites for hydroxylation is 1. The highest BCUT2D eigenvalue weighted by molar-refractivity contribution is 5.94. The smallest absolute Gasteiger partial charge is 0.255 e. The molecular weight excluding hydrogens is 334 g/mol. The third-order valence-corrected chi connectivity index (χ3v) is 5.12. The van der Waals surface area contributed by atoms with Crippen LogP contribution in [0.2, 0.25) is 0 Å². The molecule has 0 N–H and O–H groups in total. The Kier molecular flexibility index (Phi) is 4.97. The maximum absolute atomic E-state index is 12.8. The minimum Gasteiger partial charge on any atom is -0.338 e. The number of carbonyl (C=O) groups is 1. The first-order valence-corrected chi connectivity index (χ1v) is 9.44. The van der Waals surface area contributed by atoms with Crippen LogP contribution in [0.5, 0.6) is 0 Å². The molecule has 3 heterocycles. The molecule has 0 aliphatic carbocycles. The minimum absolute atomic E-state index is 0.0580. The van der Waals surface area contributed by atoms with E-state index >= 15 is 0 Å². The van der Waals surface area contributed by atoms with E-state index in [0.29, 0.717) is 12.1 Å². The van der Waals surface area contributed by atoms with Crippen LogP contribution in [-0.4, -0.2) is 33.9 Å². The Labute approximate surface area is 159 Å². The Hall–Kier alpha value is -3.01. The molecule has 2 aromatic heterocycles. The van der Waals surface area contributed by atoms with Crippen LogP contribution in [0.3, 0.4) is 0 Å². The van der Waals surface area contributed by atoms with Gasteiger partial charge in [0.1, 0.15) is 0 Å². The molecule has 3 aromatic rings. The molecule has 0 radical (unpaired) electrons. The van der Waals surface area contributed by atoms with Crippen molar-refractivity contribution in [1.29, 1.82) is 0 Å². The maximum atomic E-state index is 12.8. The minimum atomic E-state index is 0.0580.